The molecule has 0 aromatic heterocycles. The summed E-state index contributed by atoms with van der Waals surface area (Å²) in [5.74, 6) is 3.38. The van der Waals surface area contributed by atoms with Crippen LogP contribution in [0.1, 0.15) is 25.7 Å². The molecule has 1 amide bonds. The lowest BCUT2D eigenvalue weighted by molar-refractivity contribution is -0.124. The number of fused-ring (bicyclic) bond motifs is 1. The second kappa shape index (κ2) is 5.13. The van der Waals surface area contributed by atoms with Crippen molar-refractivity contribution in [1.82, 2.24) is 5.32 Å². The van der Waals surface area contributed by atoms with Crippen LogP contribution in [0.4, 0.5) is 0 Å². The Labute approximate surface area is 123 Å². The average Bonchev–Trinajstić information content (AvgIpc) is 3.40. The summed E-state index contributed by atoms with van der Waals surface area (Å²) in [6.07, 6.45) is 5.02. The Kier molecular flexibility index (Phi) is 3.13. The molecule has 0 saturated heterocycles. The molecule has 0 bridgehead atoms. The van der Waals surface area contributed by atoms with Gasteiger partial charge in [-0.3, -0.25) is 4.79 Å². The van der Waals surface area contributed by atoms with Gasteiger partial charge in [-0.25, -0.2) is 0 Å². The standard InChI is InChI=1S/C16H19NO4/c18-15(17-16(10-1-2-10)11-3-4-11)8-19-12-5-6-13-14(7-12)21-9-20-13/h5-7,10-11,16H,1-4,8-9H2,(H,17,18). The zero-order valence-electron chi connectivity index (χ0n) is 11.8. The second-order valence-electron chi connectivity index (χ2n) is 6.07. The van der Waals surface area contributed by atoms with E-state index >= 15 is 0 Å². The first kappa shape index (κ1) is 12.8. The Bertz CT molecular complexity index is 539. The number of carbonyl (C=O) groups is 1. The fourth-order valence-electron chi connectivity index (χ4n) is 2.87. The van der Waals surface area contributed by atoms with Gasteiger partial charge in [0.2, 0.25) is 6.79 Å². The van der Waals surface area contributed by atoms with Crippen LogP contribution < -0.4 is 19.5 Å². The van der Waals surface area contributed by atoms with E-state index < -0.39 is 0 Å². The summed E-state index contributed by atoms with van der Waals surface area (Å²) in [6, 6.07) is 5.72. The van der Waals surface area contributed by atoms with Gasteiger partial charge in [0.05, 0.1) is 0 Å². The monoisotopic (exact) mass is 289 g/mol. The average molecular weight is 289 g/mol. The van der Waals surface area contributed by atoms with Gasteiger partial charge in [0.15, 0.2) is 18.1 Å². The largest absolute Gasteiger partial charge is 0.484 e. The molecule has 4 rings (SSSR count). The maximum Gasteiger partial charge on any atom is 0.258 e. The van der Waals surface area contributed by atoms with Crippen LogP contribution in [0.25, 0.3) is 0 Å². The van der Waals surface area contributed by atoms with Crippen molar-refractivity contribution in [1.29, 1.82) is 0 Å². The van der Waals surface area contributed by atoms with Gasteiger partial charge in [0.1, 0.15) is 5.75 Å². The summed E-state index contributed by atoms with van der Waals surface area (Å²) in [5, 5.41) is 3.14. The predicted molar refractivity (Wildman–Crippen MR) is 75.4 cm³/mol. The van der Waals surface area contributed by atoms with Gasteiger partial charge < -0.3 is 19.5 Å². The number of hydrogen-bond acceptors (Lipinski definition) is 4. The fraction of sp³-hybridized carbons (Fsp3) is 0.562. The Morgan fingerprint density at radius 3 is 2.62 bits per heavy atom. The van der Waals surface area contributed by atoms with Gasteiger partial charge >= 0.3 is 0 Å². The summed E-state index contributed by atoms with van der Waals surface area (Å²) in [7, 11) is 0. The number of ether oxygens (including phenoxy) is 3. The number of hydrogen-bond donors (Lipinski definition) is 1. The van der Waals surface area contributed by atoms with E-state index in [1.807, 2.05) is 0 Å². The molecule has 1 aliphatic heterocycles. The summed E-state index contributed by atoms with van der Waals surface area (Å²) in [4.78, 5) is 12.0. The Balaban J connectivity index is 1.30. The van der Waals surface area contributed by atoms with Crippen molar-refractivity contribution in [2.45, 2.75) is 31.7 Å². The maximum absolute atomic E-state index is 12.0. The van der Waals surface area contributed by atoms with Gasteiger partial charge in [-0.2, -0.15) is 0 Å². The Morgan fingerprint density at radius 1 is 1.19 bits per heavy atom. The predicted octanol–water partition coefficient (Wildman–Crippen LogP) is 2.10. The van der Waals surface area contributed by atoms with E-state index in [2.05, 4.69) is 5.32 Å². The van der Waals surface area contributed by atoms with Gasteiger partial charge in [-0.05, 0) is 49.7 Å². The summed E-state index contributed by atoms with van der Waals surface area (Å²) in [6.45, 7) is 0.291. The molecular formula is C16H19NO4. The first-order valence-corrected chi connectivity index (χ1v) is 7.61. The van der Waals surface area contributed by atoms with Crippen molar-refractivity contribution >= 4 is 5.91 Å². The molecule has 1 heterocycles. The third-order valence-electron chi connectivity index (χ3n) is 4.30. The van der Waals surface area contributed by atoms with Gasteiger partial charge in [-0.15, -0.1) is 0 Å². The molecule has 1 aromatic carbocycles. The van der Waals surface area contributed by atoms with Crippen LogP contribution >= 0.6 is 0 Å². The highest BCUT2D eigenvalue weighted by molar-refractivity contribution is 5.78. The van der Waals surface area contributed by atoms with Crippen LogP contribution in [-0.2, 0) is 4.79 Å². The van der Waals surface area contributed by atoms with Crippen molar-refractivity contribution in [3.05, 3.63) is 18.2 Å². The van der Waals surface area contributed by atoms with E-state index in [1.54, 1.807) is 18.2 Å². The third kappa shape index (κ3) is 2.91. The van der Waals surface area contributed by atoms with Crippen LogP contribution in [0, 0.1) is 11.8 Å². The highest BCUT2D eigenvalue weighted by Gasteiger charge is 2.42. The molecule has 0 spiro atoms. The molecule has 1 aromatic rings. The first-order chi connectivity index (χ1) is 10.3. The SMILES string of the molecule is O=C(COc1ccc2c(c1)OCO2)NC(C1CC1)C1CC1. The van der Waals surface area contributed by atoms with Crippen LogP contribution in [-0.4, -0.2) is 25.3 Å². The lowest BCUT2D eigenvalue weighted by Gasteiger charge is -2.17. The molecule has 0 atom stereocenters. The van der Waals surface area contributed by atoms with E-state index in [9.17, 15) is 4.79 Å². The highest BCUT2D eigenvalue weighted by Crippen LogP contribution is 2.44. The maximum atomic E-state index is 12.0. The zero-order valence-corrected chi connectivity index (χ0v) is 11.8. The van der Waals surface area contributed by atoms with Crippen LogP contribution in [0.5, 0.6) is 17.2 Å². The van der Waals surface area contributed by atoms with Gasteiger partial charge in [-0.1, -0.05) is 0 Å². The quantitative estimate of drug-likeness (QED) is 0.871. The Hall–Kier alpha value is -1.91. The molecule has 3 aliphatic rings. The van der Waals surface area contributed by atoms with Crippen LogP contribution in [0.2, 0.25) is 0 Å². The number of rotatable bonds is 6. The van der Waals surface area contributed by atoms with Crippen molar-refractivity contribution in [3.8, 4) is 17.2 Å². The molecule has 5 nitrogen and oxygen atoms in total. The number of nitrogens with one attached hydrogen (secondary N) is 1. The normalized spacial score (nSPS) is 19.7. The number of amides is 1. The number of benzene rings is 1. The summed E-state index contributed by atoms with van der Waals surface area (Å²) < 4.78 is 16.1. The minimum absolute atomic E-state index is 0.0310. The van der Waals surface area contributed by atoms with Crippen LogP contribution in [0.3, 0.4) is 0 Å². The second-order valence-corrected chi connectivity index (χ2v) is 6.07. The minimum Gasteiger partial charge on any atom is -0.484 e. The zero-order chi connectivity index (χ0) is 14.2. The molecule has 21 heavy (non-hydrogen) atoms. The molecule has 0 radical (unpaired) electrons. The summed E-state index contributed by atoms with van der Waals surface area (Å²) in [5.41, 5.74) is 0. The molecule has 0 unspecified atom stereocenters. The molecule has 112 valence electrons. The Morgan fingerprint density at radius 2 is 1.90 bits per heavy atom. The lowest BCUT2D eigenvalue weighted by atomic mass is 10.1. The summed E-state index contributed by atoms with van der Waals surface area (Å²) >= 11 is 0. The van der Waals surface area contributed by atoms with E-state index in [-0.39, 0.29) is 19.3 Å². The molecule has 2 saturated carbocycles. The van der Waals surface area contributed by atoms with Crippen LogP contribution in [0.15, 0.2) is 18.2 Å². The van der Waals surface area contributed by atoms with Crippen molar-refractivity contribution < 1.29 is 19.0 Å². The smallest absolute Gasteiger partial charge is 0.258 e. The molecule has 5 heteroatoms. The minimum atomic E-state index is -0.0310. The van der Waals surface area contributed by atoms with E-state index in [0.717, 1.165) is 0 Å². The molecule has 2 aliphatic carbocycles. The van der Waals surface area contributed by atoms with Gasteiger partial charge in [0, 0.05) is 12.1 Å². The van der Waals surface area contributed by atoms with Gasteiger partial charge in [0.25, 0.3) is 5.91 Å². The molecule has 1 N–H and O–H groups in total. The molecule has 2 fully saturated rings. The van der Waals surface area contributed by atoms with E-state index in [1.165, 1.54) is 25.7 Å². The van der Waals surface area contributed by atoms with Crippen molar-refractivity contribution in [3.63, 3.8) is 0 Å². The van der Waals surface area contributed by atoms with E-state index in [4.69, 9.17) is 14.2 Å². The third-order valence-corrected chi connectivity index (χ3v) is 4.30. The highest BCUT2D eigenvalue weighted by atomic mass is 16.7. The van der Waals surface area contributed by atoms with Crippen molar-refractivity contribution in [2.75, 3.05) is 13.4 Å². The van der Waals surface area contributed by atoms with Crippen molar-refractivity contribution in [2.24, 2.45) is 11.8 Å². The fourth-order valence-corrected chi connectivity index (χ4v) is 2.87. The first-order valence-electron chi connectivity index (χ1n) is 7.61. The topological polar surface area (TPSA) is 56.8 Å². The van der Waals surface area contributed by atoms with E-state index in [0.29, 0.717) is 35.1 Å². The molecular weight excluding hydrogens is 270 g/mol. The lowest BCUT2D eigenvalue weighted by Crippen LogP contribution is -2.40. The number of carbonyl (C=O) groups excluding carboxylic acids is 1.